The van der Waals surface area contributed by atoms with E-state index in [1.54, 1.807) is 0 Å². The maximum atomic E-state index is 13.0. The van der Waals surface area contributed by atoms with E-state index < -0.39 is 11.0 Å². The lowest BCUT2D eigenvalue weighted by Crippen LogP contribution is -2.56. The van der Waals surface area contributed by atoms with E-state index in [0.717, 1.165) is 12.8 Å². The van der Waals surface area contributed by atoms with E-state index in [9.17, 15) is 9.59 Å². The molecule has 1 heterocycles. The van der Waals surface area contributed by atoms with Gasteiger partial charge in [-0.2, -0.15) is 0 Å². The number of hydrogen-bond acceptors (Lipinski definition) is 5. The third kappa shape index (κ3) is 2.48. The van der Waals surface area contributed by atoms with E-state index >= 15 is 0 Å². The van der Waals surface area contributed by atoms with E-state index in [-0.39, 0.29) is 41.9 Å². The van der Waals surface area contributed by atoms with Crippen molar-refractivity contribution in [2.45, 2.75) is 71.6 Å². The lowest BCUT2D eigenvalue weighted by molar-refractivity contribution is -0.175. The lowest BCUT2D eigenvalue weighted by atomic mass is 9.68. The van der Waals surface area contributed by atoms with Crippen LogP contribution < -0.4 is 5.73 Å². The van der Waals surface area contributed by atoms with Crippen molar-refractivity contribution in [1.29, 1.82) is 0 Å². The van der Waals surface area contributed by atoms with Crippen LogP contribution in [0.25, 0.3) is 0 Å². The Labute approximate surface area is 138 Å². The van der Waals surface area contributed by atoms with Crippen LogP contribution in [0.4, 0.5) is 0 Å². The first-order valence-corrected chi connectivity index (χ1v) is 8.75. The van der Waals surface area contributed by atoms with Crippen molar-refractivity contribution in [2.75, 3.05) is 0 Å². The summed E-state index contributed by atoms with van der Waals surface area (Å²) in [4.78, 5) is 24.8. The minimum Gasteiger partial charge on any atom is -0.458 e. The molecule has 2 N–H and O–H groups in total. The summed E-state index contributed by atoms with van der Waals surface area (Å²) >= 11 is 0. The second-order valence-corrected chi connectivity index (χ2v) is 8.93. The van der Waals surface area contributed by atoms with Crippen molar-refractivity contribution in [2.24, 2.45) is 34.8 Å². The molecule has 1 saturated heterocycles. The summed E-state index contributed by atoms with van der Waals surface area (Å²) in [5.74, 6) is 0.514. The van der Waals surface area contributed by atoms with Gasteiger partial charge in [-0.15, -0.1) is 0 Å². The van der Waals surface area contributed by atoms with E-state index in [0.29, 0.717) is 12.3 Å². The third-order valence-electron chi connectivity index (χ3n) is 6.35. The van der Waals surface area contributed by atoms with Gasteiger partial charge in [-0.1, -0.05) is 13.8 Å². The van der Waals surface area contributed by atoms with Crippen LogP contribution in [-0.4, -0.2) is 29.7 Å². The van der Waals surface area contributed by atoms with Crippen LogP contribution in [0.5, 0.6) is 0 Å². The van der Waals surface area contributed by atoms with E-state index in [1.165, 1.54) is 0 Å². The van der Waals surface area contributed by atoms with Crippen LogP contribution in [0.2, 0.25) is 0 Å². The molecule has 3 fully saturated rings. The van der Waals surface area contributed by atoms with Gasteiger partial charge >= 0.3 is 11.9 Å². The van der Waals surface area contributed by atoms with Gasteiger partial charge in [0.25, 0.3) is 0 Å². The highest BCUT2D eigenvalue weighted by Crippen LogP contribution is 2.56. The summed E-state index contributed by atoms with van der Waals surface area (Å²) in [5.41, 5.74) is 4.89. The maximum absolute atomic E-state index is 13.0. The number of ether oxygens (including phenoxy) is 2. The fourth-order valence-electron chi connectivity index (χ4n) is 4.74. The quantitative estimate of drug-likeness (QED) is 0.785. The van der Waals surface area contributed by atoms with Crippen molar-refractivity contribution < 1.29 is 19.1 Å². The number of carbonyl (C=O) groups excluding carboxylic acids is 2. The Morgan fingerprint density at radius 1 is 1.35 bits per heavy atom. The fourth-order valence-corrected chi connectivity index (χ4v) is 4.74. The average molecular weight is 323 g/mol. The molecule has 3 rings (SSSR count). The first-order valence-electron chi connectivity index (χ1n) is 8.75. The highest BCUT2D eigenvalue weighted by Gasteiger charge is 2.64. The molecule has 130 valence electrons. The monoisotopic (exact) mass is 323 g/mol. The molecule has 6 unspecified atom stereocenters. The van der Waals surface area contributed by atoms with Gasteiger partial charge in [0.15, 0.2) is 0 Å². The zero-order valence-corrected chi connectivity index (χ0v) is 14.8. The van der Waals surface area contributed by atoms with Crippen LogP contribution in [0.15, 0.2) is 0 Å². The normalized spacial score (nSPS) is 37.9. The Morgan fingerprint density at radius 3 is 2.57 bits per heavy atom. The predicted octanol–water partition coefficient (Wildman–Crippen LogP) is 2.27. The average Bonchev–Trinajstić information content (AvgIpc) is 3.01. The molecular weight excluding hydrogens is 294 g/mol. The lowest BCUT2D eigenvalue weighted by Gasteiger charge is -2.42. The molecule has 0 spiro atoms. The van der Waals surface area contributed by atoms with Gasteiger partial charge in [0.1, 0.15) is 12.2 Å². The van der Waals surface area contributed by atoms with Crippen molar-refractivity contribution in [3.8, 4) is 0 Å². The molecule has 5 nitrogen and oxygen atoms in total. The maximum Gasteiger partial charge on any atom is 0.314 e. The molecule has 23 heavy (non-hydrogen) atoms. The molecule has 3 aliphatic rings. The van der Waals surface area contributed by atoms with Crippen molar-refractivity contribution in [3.63, 3.8) is 0 Å². The summed E-state index contributed by atoms with van der Waals surface area (Å²) in [6, 6.07) is 0. The Bertz CT molecular complexity index is 524. The van der Waals surface area contributed by atoms with Crippen molar-refractivity contribution >= 4 is 11.9 Å². The third-order valence-corrected chi connectivity index (χ3v) is 6.35. The smallest absolute Gasteiger partial charge is 0.314 e. The van der Waals surface area contributed by atoms with Crippen LogP contribution in [0, 0.1) is 29.1 Å². The largest absolute Gasteiger partial charge is 0.458 e. The SMILES string of the molecule is CC(C)CC(C)(C(=O)OC1C2CC3C(=O)OC1C3C2)C(C)(C)N. The highest BCUT2D eigenvalue weighted by molar-refractivity contribution is 5.79. The Hall–Kier alpha value is -1.10. The van der Waals surface area contributed by atoms with Gasteiger partial charge in [0.05, 0.1) is 11.3 Å². The van der Waals surface area contributed by atoms with Gasteiger partial charge in [-0.3, -0.25) is 9.59 Å². The number of fused-ring (bicyclic) bond motifs is 1. The number of carbonyl (C=O) groups is 2. The topological polar surface area (TPSA) is 78.6 Å². The standard InChI is InChI=1S/C18H29NO4/c1-9(2)8-18(5,17(3,4)19)16(21)23-13-10-6-11-12(7-10)15(20)22-14(11)13/h9-14H,6-8,19H2,1-5H3. The molecule has 2 saturated carbocycles. The summed E-state index contributed by atoms with van der Waals surface area (Å²) in [6.45, 7) is 9.81. The van der Waals surface area contributed by atoms with Gasteiger partial charge in [-0.25, -0.2) is 0 Å². The zero-order valence-electron chi connectivity index (χ0n) is 14.8. The van der Waals surface area contributed by atoms with E-state index in [2.05, 4.69) is 13.8 Å². The second kappa shape index (κ2) is 5.20. The Kier molecular flexibility index (Phi) is 3.79. The fraction of sp³-hybridized carbons (Fsp3) is 0.889. The second-order valence-electron chi connectivity index (χ2n) is 8.93. The summed E-state index contributed by atoms with van der Waals surface area (Å²) < 4.78 is 11.4. The molecule has 0 aromatic rings. The van der Waals surface area contributed by atoms with Gasteiger partial charge < -0.3 is 15.2 Å². The van der Waals surface area contributed by atoms with Gasteiger partial charge in [0, 0.05) is 17.4 Å². The minimum absolute atomic E-state index is 0.0351. The molecular formula is C18H29NO4. The Morgan fingerprint density at radius 2 is 2.00 bits per heavy atom. The number of nitrogens with two attached hydrogens (primary N) is 1. The van der Waals surface area contributed by atoms with Crippen LogP contribution in [-0.2, 0) is 19.1 Å². The minimum atomic E-state index is -0.759. The van der Waals surface area contributed by atoms with E-state index in [1.807, 2.05) is 20.8 Å². The van der Waals surface area contributed by atoms with Crippen molar-refractivity contribution in [1.82, 2.24) is 0 Å². The Balaban J connectivity index is 1.77. The van der Waals surface area contributed by atoms with Crippen LogP contribution in [0.3, 0.4) is 0 Å². The zero-order chi connectivity index (χ0) is 17.2. The molecule has 0 aromatic heterocycles. The highest BCUT2D eigenvalue weighted by atomic mass is 16.6. The summed E-state index contributed by atoms with van der Waals surface area (Å²) in [5, 5.41) is 0. The molecule has 0 radical (unpaired) electrons. The molecule has 1 aliphatic heterocycles. The van der Waals surface area contributed by atoms with Crippen LogP contribution in [0.1, 0.15) is 53.9 Å². The molecule has 0 aromatic carbocycles. The van der Waals surface area contributed by atoms with Gasteiger partial charge in [-0.05, 0) is 46.0 Å². The van der Waals surface area contributed by atoms with Crippen LogP contribution >= 0.6 is 0 Å². The summed E-state index contributed by atoms with van der Waals surface area (Å²) in [7, 11) is 0. The number of rotatable bonds is 5. The van der Waals surface area contributed by atoms with Crippen molar-refractivity contribution in [3.05, 3.63) is 0 Å². The molecule has 6 atom stereocenters. The molecule has 0 amide bonds. The number of hydrogen-bond donors (Lipinski definition) is 1. The molecule has 5 heteroatoms. The van der Waals surface area contributed by atoms with Gasteiger partial charge in [0.2, 0.25) is 0 Å². The molecule has 2 aliphatic carbocycles. The first kappa shape index (κ1) is 16.7. The molecule has 2 bridgehead atoms. The predicted molar refractivity (Wildman–Crippen MR) is 85.3 cm³/mol. The first-order chi connectivity index (χ1) is 10.5. The summed E-state index contributed by atoms with van der Waals surface area (Å²) in [6.07, 6.45) is 1.88. The number of esters is 2. The van der Waals surface area contributed by atoms with E-state index in [4.69, 9.17) is 15.2 Å².